The van der Waals surface area contributed by atoms with Crippen molar-refractivity contribution in [1.29, 1.82) is 0 Å². The monoisotopic (exact) mass is 545 g/mol. The van der Waals surface area contributed by atoms with Crippen molar-refractivity contribution in [2.45, 2.75) is 4.90 Å². The van der Waals surface area contributed by atoms with Crippen LogP contribution in [-0.4, -0.2) is 19.3 Å². The maximum atomic E-state index is 13.2. The molecule has 6 nitrogen and oxygen atoms in total. The van der Waals surface area contributed by atoms with Crippen LogP contribution in [0, 0.1) is 0 Å². The maximum Gasteiger partial charge on any atom is 0.272 e. The second-order valence-corrected chi connectivity index (χ2v) is 10.5. The Kier molecular flexibility index (Phi) is 6.15. The molecular weight excluding hydrogens is 526 g/mol. The Hall–Kier alpha value is -3.88. The minimum absolute atomic E-state index is 0.154. The van der Waals surface area contributed by atoms with Crippen LogP contribution in [0.5, 0.6) is 0 Å². The average Bonchev–Trinajstić information content (AvgIpc) is 3.24. The molecule has 0 atom stereocenters. The van der Waals surface area contributed by atoms with Gasteiger partial charge in [0.1, 0.15) is 5.69 Å². The molecule has 0 aliphatic heterocycles. The van der Waals surface area contributed by atoms with E-state index in [1.807, 2.05) is 60.7 Å². The molecule has 5 aromatic rings. The van der Waals surface area contributed by atoms with Gasteiger partial charge >= 0.3 is 0 Å². The Morgan fingerprint density at radius 1 is 0.771 bits per heavy atom. The summed E-state index contributed by atoms with van der Waals surface area (Å²) in [5.41, 5.74) is 3.71. The van der Waals surface area contributed by atoms with Gasteiger partial charge in [0.15, 0.2) is 0 Å². The standard InChI is InChI=1S/C27H20BrN3O3S/c28-19-11-14-22(15-12-19)35(33,34)31-21-13-16-24-23(17-21)25(18-7-3-1-4-8-18)26(30-24)27(32)29-20-9-5-2-6-10-20/h1-17,30-31H,(H,29,32). The first-order valence-corrected chi connectivity index (χ1v) is 13.0. The van der Waals surface area contributed by atoms with E-state index in [2.05, 4.69) is 31.0 Å². The van der Waals surface area contributed by atoms with Gasteiger partial charge in [0, 0.05) is 32.3 Å². The minimum Gasteiger partial charge on any atom is -0.350 e. The van der Waals surface area contributed by atoms with Crippen molar-refractivity contribution < 1.29 is 13.2 Å². The Bertz CT molecular complexity index is 1620. The number of nitrogens with one attached hydrogen (secondary N) is 3. The predicted molar refractivity (Wildman–Crippen MR) is 143 cm³/mol. The molecule has 0 unspecified atom stereocenters. The molecule has 174 valence electrons. The Balaban J connectivity index is 1.58. The minimum atomic E-state index is -3.79. The van der Waals surface area contributed by atoms with Crippen LogP contribution in [0.15, 0.2) is 112 Å². The van der Waals surface area contributed by atoms with Crippen molar-refractivity contribution in [2.24, 2.45) is 0 Å². The molecule has 1 heterocycles. The first-order valence-electron chi connectivity index (χ1n) is 10.8. The molecule has 3 N–H and O–H groups in total. The number of aromatic nitrogens is 1. The average molecular weight is 546 g/mol. The number of benzene rings is 4. The highest BCUT2D eigenvalue weighted by molar-refractivity contribution is 9.10. The number of halogens is 1. The molecule has 0 aliphatic rings. The van der Waals surface area contributed by atoms with E-state index >= 15 is 0 Å². The molecule has 0 saturated heterocycles. The third-order valence-electron chi connectivity index (χ3n) is 5.50. The number of hydrogen-bond acceptors (Lipinski definition) is 3. The van der Waals surface area contributed by atoms with Crippen LogP contribution >= 0.6 is 15.9 Å². The fraction of sp³-hybridized carbons (Fsp3) is 0. The number of anilines is 2. The summed E-state index contributed by atoms with van der Waals surface area (Å²) in [5, 5.41) is 3.65. The van der Waals surface area contributed by atoms with Crippen LogP contribution in [-0.2, 0) is 10.0 Å². The van der Waals surface area contributed by atoms with E-state index < -0.39 is 10.0 Å². The van der Waals surface area contributed by atoms with Crippen molar-refractivity contribution in [3.8, 4) is 11.1 Å². The number of amides is 1. The van der Waals surface area contributed by atoms with E-state index in [0.29, 0.717) is 28.1 Å². The van der Waals surface area contributed by atoms with E-state index in [1.165, 1.54) is 12.1 Å². The molecule has 4 aromatic carbocycles. The molecule has 0 fully saturated rings. The van der Waals surface area contributed by atoms with E-state index in [-0.39, 0.29) is 10.8 Å². The largest absolute Gasteiger partial charge is 0.350 e. The summed E-state index contributed by atoms with van der Waals surface area (Å²) in [6.07, 6.45) is 0. The number of aromatic amines is 1. The van der Waals surface area contributed by atoms with Crippen molar-refractivity contribution >= 4 is 54.1 Å². The number of para-hydroxylation sites is 1. The summed E-state index contributed by atoms with van der Waals surface area (Å²) in [7, 11) is -3.79. The zero-order valence-electron chi connectivity index (χ0n) is 18.3. The van der Waals surface area contributed by atoms with E-state index in [1.54, 1.807) is 30.3 Å². The van der Waals surface area contributed by atoms with Gasteiger partial charge in [-0.25, -0.2) is 8.42 Å². The number of carbonyl (C=O) groups excluding carboxylic acids is 1. The van der Waals surface area contributed by atoms with Crippen LogP contribution in [0.25, 0.3) is 22.0 Å². The normalized spacial score (nSPS) is 11.3. The first-order chi connectivity index (χ1) is 16.9. The zero-order valence-corrected chi connectivity index (χ0v) is 20.7. The Labute approximate surface area is 211 Å². The molecule has 0 radical (unpaired) electrons. The molecule has 1 aromatic heterocycles. The van der Waals surface area contributed by atoms with E-state index in [4.69, 9.17) is 0 Å². The first kappa shape index (κ1) is 22.9. The summed E-state index contributed by atoms with van der Waals surface area (Å²) >= 11 is 3.32. The SMILES string of the molecule is O=C(Nc1ccccc1)c1[nH]c2ccc(NS(=O)(=O)c3ccc(Br)cc3)cc2c1-c1ccccc1. The molecule has 5 rings (SSSR count). The molecule has 35 heavy (non-hydrogen) atoms. The molecule has 0 spiro atoms. The number of fused-ring (bicyclic) bond motifs is 1. The van der Waals surface area contributed by atoms with Crippen molar-refractivity contribution in [3.05, 3.63) is 113 Å². The van der Waals surface area contributed by atoms with Gasteiger partial charge in [-0.2, -0.15) is 0 Å². The number of rotatable bonds is 6. The topological polar surface area (TPSA) is 91.1 Å². The zero-order chi connectivity index (χ0) is 24.4. The summed E-state index contributed by atoms with van der Waals surface area (Å²) < 4.78 is 29.3. The highest BCUT2D eigenvalue weighted by Gasteiger charge is 2.21. The van der Waals surface area contributed by atoms with E-state index in [0.717, 1.165) is 15.4 Å². The predicted octanol–water partition coefficient (Wildman–Crippen LogP) is 6.65. The maximum absolute atomic E-state index is 13.2. The number of H-pyrrole nitrogens is 1. The fourth-order valence-electron chi connectivity index (χ4n) is 3.87. The Morgan fingerprint density at radius 2 is 1.43 bits per heavy atom. The summed E-state index contributed by atoms with van der Waals surface area (Å²) in [6, 6.07) is 30.3. The van der Waals surface area contributed by atoms with Gasteiger partial charge in [-0.15, -0.1) is 0 Å². The number of sulfonamides is 1. The lowest BCUT2D eigenvalue weighted by atomic mass is 10.0. The van der Waals surface area contributed by atoms with Crippen LogP contribution in [0.3, 0.4) is 0 Å². The van der Waals surface area contributed by atoms with Crippen LogP contribution in [0.2, 0.25) is 0 Å². The van der Waals surface area contributed by atoms with E-state index in [9.17, 15) is 13.2 Å². The van der Waals surface area contributed by atoms with Gasteiger partial charge in [-0.05, 0) is 60.2 Å². The van der Waals surface area contributed by atoms with Gasteiger partial charge < -0.3 is 10.3 Å². The molecule has 1 amide bonds. The van der Waals surface area contributed by atoms with Gasteiger partial charge in [-0.1, -0.05) is 64.5 Å². The lowest BCUT2D eigenvalue weighted by molar-refractivity contribution is 0.102. The van der Waals surface area contributed by atoms with Gasteiger partial charge in [0.25, 0.3) is 15.9 Å². The number of carbonyl (C=O) groups is 1. The van der Waals surface area contributed by atoms with Crippen molar-refractivity contribution in [3.63, 3.8) is 0 Å². The van der Waals surface area contributed by atoms with Crippen LogP contribution < -0.4 is 10.0 Å². The van der Waals surface area contributed by atoms with Crippen molar-refractivity contribution in [1.82, 2.24) is 4.98 Å². The molecule has 0 aliphatic carbocycles. The molecule has 0 saturated carbocycles. The van der Waals surface area contributed by atoms with Crippen LogP contribution in [0.4, 0.5) is 11.4 Å². The second kappa shape index (κ2) is 9.40. The van der Waals surface area contributed by atoms with Gasteiger partial charge in [-0.3, -0.25) is 9.52 Å². The van der Waals surface area contributed by atoms with Gasteiger partial charge in [0.05, 0.1) is 4.90 Å². The van der Waals surface area contributed by atoms with Crippen LogP contribution in [0.1, 0.15) is 10.5 Å². The molecule has 8 heteroatoms. The highest BCUT2D eigenvalue weighted by Crippen LogP contribution is 2.35. The quantitative estimate of drug-likeness (QED) is 0.223. The Morgan fingerprint density at radius 3 is 2.11 bits per heavy atom. The highest BCUT2D eigenvalue weighted by atomic mass is 79.9. The van der Waals surface area contributed by atoms with Gasteiger partial charge in [0.2, 0.25) is 0 Å². The summed E-state index contributed by atoms with van der Waals surface area (Å²) in [5.74, 6) is -0.289. The smallest absolute Gasteiger partial charge is 0.272 e. The fourth-order valence-corrected chi connectivity index (χ4v) is 5.19. The molecule has 0 bridgehead atoms. The lowest BCUT2D eigenvalue weighted by Gasteiger charge is -2.09. The summed E-state index contributed by atoms with van der Waals surface area (Å²) in [4.78, 5) is 16.6. The third-order valence-corrected chi connectivity index (χ3v) is 7.42. The van der Waals surface area contributed by atoms with Crippen molar-refractivity contribution in [2.75, 3.05) is 10.0 Å². The number of hydrogen-bond donors (Lipinski definition) is 3. The summed E-state index contributed by atoms with van der Waals surface area (Å²) in [6.45, 7) is 0. The third kappa shape index (κ3) is 4.84. The second-order valence-electron chi connectivity index (χ2n) is 7.88. The lowest BCUT2D eigenvalue weighted by Crippen LogP contribution is -2.13. The molecular formula is C27H20BrN3O3S.